The Morgan fingerprint density at radius 3 is 2.63 bits per heavy atom. The summed E-state index contributed by atoms with van der Waals surface area (Å²) < 4.78 is 11.1. The average molecular weight is 491 g/mol. The number of carboxylic acid groups (broad SMARTS) is 1. The molecule has 0 saturated carbocycles. The molecule has 3 rings (SSSR count). The number of amidine groups is 1. The van der Waals surface area contributed by atoms with Crippen LogP contribution in [0.1, 0.15) is 11.1 Å². The highest BCUT2D eigenvalue weighted by atomic mass is 79.9. The second-order valence-corrected chi connectivity index (χ2v) is 8.28. The molecule has 1 aliphatic rings. The molecule has 2 aromatic rings. The number of likely N-dealkylation sites (N-methyl/N-ethyl adjacent to an activating group) is 1. The first-order valence-corrected chi connectivity index (χ1v) is 10.4. The molecule has 0 spiro atoms. The highest BCUT2D eigenvalue weighted by Crippen LogP contribution is 2.39. The number of ether oxygens (including phenoxy) is 2. The van der Waals surface area contributed by atoms with E-state index in [0.29, 0.717) is 25.9 Å². The van der Waals surface area contributed by atoms with Crippen molar-refractivity contribution in [3.8, 4) is 11.5 Å². The molecule has 9 heteroatoms. The lowest BCUT2D eigenvalue weighted by molar-refractivity contribution is -0.139. The number of halogens is 1. The standard InChI is InChI=1S/C21H19BrN2O5S/c1-12-4-6-14(7-5-12)23-21-24(2)20(27)17(30-21)10-13-8-15(22)19(16(9-13)28-3)29-11-18(25)26/h4-10H,11H2,1-3H3,(H,25,26)/b17-10+,23-21?. The Balaban J connectivity index is 1.89. The molecule has 1 aliphatic heterocycles. The molecule has 156 valence electrons. The highest BCUT2D eigenvalue weighted by molar-refractivity contribution is 9.10. The lowest BCUT2D eigenvalue weighted by atomic mass is 10.2. The number of rotatable bonds is 6. The van der Waals surface area contributed by atoms with Gasteiger partial charge in [0.1, 0.15) is 0 Å². The van der Waals surface area contributed by atoms with Crippen molar-refractivity contribution in [2.24, 2.45) is 4.99 Å². The van der Waals surface area contributed by atoms with Gasteiger partial charge in [0.05, 0.1) is 22.2 Å². The smallest absolute Gasteiger partial charge is 0.341 e. The number of amides is 1. The van der Waals surface area contributed by atoms with E-state index in [1.165, 1.54) is 23.8 Å². The monoisotopic (exact) mass is 490 g/mol. The van der Waals surface area contributed by atoms with Crippen LogP contribution in [0.15, 0.2) is 50.8 Å². The van der Waals surface area contributed by atoms with Crippen molar-refractivity contribution in [2.45, 2.75) is 6.92 Å². The summed E-state index contributed by atoms with van der Waals surface area (Å²) in [4.78, 5) is 30.0. The number of carbonyl (C=O) groups excluding carboxylic acids is 1. The van der Waals surface area contributed by atoms with E-state index in [-0.39, 0.29) is 11.7 Å². The van der Waals surface area contributed by atoms with Gasteiger partial charge in [0, 0.05) is 7.05 Å². The van der Waals surface area contributed by atoms with Gasteiger partial charge in [-0.05, 0) is 70.5 Å². The number of nitrogens with zero attached hydrogens (tertiary/aromatic N) is 2. The van der Waals surface area contributed by atoms with Gasteiger partial charge < -0.3 is 14.6 Å². The van der Waals surface area contributed by atoms with E-state index < -0.39 is 12.6 Å². The second-order valence-electron chi connectivity index (χ2n) is 6.42. The minimum absolute atomic E-state index is 0.160. The number of carbonyl (C=O) groups is 2. The van der Waals surface area contributed by atoms with Gasteiger partial charge in [-0.3, -0.25) is 9.69 Å². The number of benzene rings is 2. The second kappa shape index (κ2) is 9.36. The van der Waals surface area contributed by atoms with Gasteiger partial charge in [-0.2, -0.15) is 0 Å². The average Bonchev–Trinajstić information content (AvgIpc) is 2.96. The van der Waals surface area contributed by atoms with Crippen molar-refractivity contribution in [2.75, 3.05) is 20.8 Å². The molecule has 0 radical (unpaired) electrons. The molecule has 0 aliphatic carbocycles. The van der Waals surface area contributed by atoms with Crippen molar-refractivity contribution >= 4 is 56.5 Å². The zero-order valence-electron chi connectivity index (χ0n) is 16.5. The fourth-order valence-electron chi connectivity index (χ4n) is 2.63. The van der Waals surface area contributed by atoms with E-state index in [1.54, 1.807) is 25.3 Å². The van der Waals surface area contributed by atoms with Crippen LogP contribution in [-0.4, -0.2) is 47.8 Å². The molecule has 1 saturated heterocycles. The number of carboxylic acids is 1. The number of hydrogen-bond donors (Lipinski definition) is 1. The van der Waals surface area contributed by atoms with E-state index in [0.717, 1.165) is 11.3 Å². The fraction of sp³-hybridized carbons (Fsp3) is 0.190. The minimum Gasteiger partial charge on any atom is -0.493 e. The maximum atomic E-state index is 12.7. The van der Waals surface area contributed by atoms with E-state index in [2.05, 4.69) is 20.9 Å². The summed E-state index contributed by atoms with van der Waals surface area (Å²) in [7, 11) is 3.14. The van der Waals surface area contributed by atoms with Crippen LogP contribution in [0.2, 0.25) is 0 Å². The lowest BCUT2D eigenvalue weighted by Gasteiger charge is -2.12. The van der Waals surface area contributed by atoms with E-state index >= 15 is 0 Å². The molecule has 1 N–H and O–H groups in total. The fourth-order valence-corrected chi connectivity index (χ4v) is 4.19. The van der Waals surface area contributed by atoms with E-state index in [1.807, 2.05) is 31.2 Å². The van der Waals surface area contributed by atoms with Crippen molar-refractivity contribution in [3.63, 3.8) is 0 Å². The summed E-state index contributed by atoms with van der Waals surface area (Å²) in [5.41, 5.74) is 2.61. The number of aliphatic carboxylic acids is 1. The maximum Gasteiger partial charge on any atom is 0.341 e. The van der Waals surface area contributed by atoms with Gasteiger partial charge in [-0.1, -0.05) is 17.7 Å². The van der Waals surface area contributed by atoms with Crippen LogP contribution in [0.4, 0.5) is 5.69 Å². The first-order valence-electron chi connectivity index (χ1n) is 8.83. The zero-order valence-corrected chi connectivity index (χ0v) is 18.9. The molecule has 7 nitrogen and oxygen atoms in total. The minimum atomic E-state index is -1.09. The summed E-state index contributed by atoms with van der Waals surface area (Å²) >= 11 is 4.65. The van der Waals surface area contributed by atoms with Crippen LogP contribution in [-0.2, 0) is 9.59 Å². The molecule has 0 atom stereocenters. The summed E-state index contributed by atoms with van der Waals surface area (Å²) in [6.45, 7) is 1.51. The molecular formula is C21H19BrN2O5S. The van der Waals surface area contributed by atoms with Crippen LogP contribution in [0.25, 0.3) is 6.08 Å². The van der Waals surface area contributed by atoms with Crippen molar-refractivity contribution in [1.29, 1.82) is 0 Å². The molecule has 1 heterocycles. The first kappa shape index (κ1) is 21.9. The third kappa shape index (κ3) is 5.03. The zero-order chi connectivity index (χ0) is 21.8. The van der Waals surface area contributed by atoms with Crippen LogP contribution in [0.5, 0.6) is 11.5 Å². The van der Waals surface area contributed by atoms with Gasteiger partial charge in [-0.15, -0.1) is 0 Å². The van der Waals surface area contributed by atoms with Crippen molar-refractivity contribution in [3.05, 3.63) is 56.9 Å². The Bertz CT molecular complexity index is 1050. The molecule has 0 bridgehead atoms. The largest absolute Gasteiger partial charge is 0.493 e. The van der Waals surface area contributed by atoms with Gasteiger partial charge in [0.2, 0.25) is 0 Å². The highest BCUT2D eigenvalue weighted by Gasteiger charge is 2.30. The van der Waals surface area contributed by atoms with E-state index in [9.17, 15) is 9.59 Å². The van der Waals surface area contributed by atoms with Crippen molar-refractivity contribution < 1.29 is 24.2 Å². The Labute approximate surface area is 186 Å². The van der Waals surface area contributed by atoms with Gasteiger partial charge in [0.15, 0.2) is 23.3 Å². The van der Waals surface area contributed by atoms with Crippen molar-refractivity contribution in [1.82, 2.24) is 4.90 Å². The van der Waals surface area contributed by atoms with Crippen LogP contribution < -0.4 is 9.47 Å². The molecule has 0 unspecified atom stereocenters. The first-order chi connectivity index (χ1) is 14.3. The SMILES string of the molecule is COc1cc(/C=C2/SC(=Nc3ccc(C)cc3)N(C)C2=O)cc(Br)c1OCC(=O)O. The Morgan fingerprint density at radius 1 is 1.30 bits per heavy atom. The van der Waals surface area contributed by atoms with Gasteiger partial charge in [-0.25, -0.2) is 9.79 Å². The summed E-state index contributed by atoms with van der Waals surface area (Å²) in [6, 6.07) is 11.2. The topological polar surface area (TPSA) is 88.4 Å². The maximum absolute atomic E-state index is 12.7. The number of methoxy groups -OCH3 is 1. The van der Waals surface area contributed by atoms with Gasteiger partial charge in [0.25, 0.3) is 5.91 Å². The van der Waals surface area contributed by atoms with Crippen LogP contribution in [0, 0.1) is 6.92 Å². The normalized spacial score (nSPS) is 16.4. The molecule has 1 fully saturated rings. The Hall–Kier alpha value is -2.78. The van der Waals surface area contributed by atoms with Crippen LogP contribution in [0.3, 0.4) is 0 Å². The lowest BCUT2D eigenvalue weighted by Crippen LogP contribution is -2.23. The summed E-state index contributed by atoms with van der Waals surface area (Å²) in [6.07, 6.45) is 1.73. The predicted molar refractivity (Wildman–Crippen MR) is 120 cm³/mol. The summed E-state index contributed by atoms with van der Waals surface area (Å²) in [5.74, 6) is -0.611. The van der Waals surface area contributed by atoms with E-state index in [4.69, 9.17) is 14.6 Å². The van der Waals surface area contributed by atoms with Gasteiger partial charge >= 0.3 is 5.97 Å². The number of thioether (sulfide) groups is 1. The number of hydrogen-bond acceptors (Lipinski definition) is 6. The molecular weight excluding hydrogens is 472 g/mol. The number of aliphatic imine (C=N–C) groups is 1. The predicted octanol–water partition coefficient (Wildman–Crippen LogP) is 4.46. The Kier molecular flexibility index (Phi) is 6.84. The van der Waals surface area contributed by atoms with Crippen LogP contribution >= 0.6 is 27.7 Å². The third-order valence-electron chi connectivity index (χ3n) is 4.15. The molecule has 1 amide bonds. The third-order valence-corrected chi connectivity index (χ3v) is 5.80. The number of aryl methyl sites for hydroxylation is 1. The summed E-state index contributed by atoms with van der Waals surface area (Å²) in [5, 5.41) is 9.41. The molecule has 30 heavy (non-hydrogen) atoms. The Morgan fingerprint density at radius 2 is 2.00 bits per heavy atom. The molecule has 2 aromatic carbocycles. The quantitative estimate of drug-likeness (QED) is 0.601. The molecule has 0 aromatic heterocycles.